The molecule has 1 unspecified atom stereocenters. The molecular formula is C14H14N2S. The number of nitrogens with two attached hydrogens (primary N) is 1. The lowest BCUT2D eigenvalue weighted by Gasteiger charge is -2.14. The molecule has 0 fully saturated rings. The van der Waals surface area contributed by atoms with E-state index < -0.39 is 0 Å². The Labute approximate surface area is 107 Å². The molecule has 17 heavy (non-hydrogen) atoms. The lowest BCUT2D eigenvalue weighted by atomic mass is 9.96. The molecule has 0 amide bonds. The Morgan fingerprint density at radius 2 is 1.82 bits per heavy atom. The highest BCUT2D eigenvalue weighted by molar-refractivity contribution is 7.80. The van der Waals surface area contributed by atoms with E-state index in [1.54, 1.807) is 6.20 Å². The smallest absolute Gasteiger partial charge is 0.0822 e. The molecule has 86 valence electrons. The fourth-order valence-electron chi connectivity index (χ4n) is 1.78. The minimum atomic E-state index is 0.00796. The van der Waals surface area contributed by atoms with Crippen LogP contribution in [-0.4, -0.2) is 9.97 Å². The quantitative estimate of drug-likeness (QED) is 0.838. The van der Waals surface area contributed by atoms with E-state index in [0.717, 1.165) is 12.1 Å². The first kappa shape index (κ1) is 11.7. The van der Waals surface area contributed by atoms with Crippen LogP contribution in [0.1, 0.15) is 17.2 Å². The molecule has 1 atom stereocenters. The van der Waals surface area contributed by atoms with E-state index in [1.807, 2.05) is 36.4 Å². The summed E-state index contributed by atoms with van der Waals surface area (Å²) in [5.74, 6) is 0.00796. The Morgan fingerprint density at radius 1 is 1.12 bits per heavy atom. The number of hydrogen-bond donors (Lipinski definition) is 1. The fourth-order valence-corrected chi connectivity index (χ4v) is 1.99. The van der Waals surface area contributed by atoms with Crippen molar-refractivity contribution in [3.8, 4) is 0 Å². The Hall–Kier alpha value is -1.74. The molecule has 2 nitrogen and oxygen atoms in total. The van der Waals surface area contributed by atoms with E-state index in [2.05, 4.69) is 17.1 Å². The normalized spacial score (nSPS) is 12.0. The molecule has 0 saturated carbocycles. The Morgan fingerprint density at radius 3 is 2.41 bits per heavy atom. The molecule has 0 aliphatic heterocycles. The molecule has 0 spiro atoms. The van der Waals surface area contributed by atoms with Crippen molar-refractivity contribution in [2.45, 2.75) is 12.3 Å². The highest BCUT2D eigenvalue weighted by atomic mass is 32.1. The van der Waals surface area contributed by atoms with Gasteiger partial charge in [0.05, 0.1) is 16.6 Å². The van der Waals surface area contributed by atoms with Gasteiger partial charge in [0, 0.05) is 6.20 Å². The van der Waals surface area contributed by atoms with E-state index in [4.69, 9.17) is 18.0 Å². The van der Waals surface area contributed by atoms with Crippen LogP contribution in [0.5, 0.6) is 0 Å². The Bertz CT molecular complexity index is 482. The van der Waals surface area contributed by atoms with Gasteiger partial charge in [0.15, 0.2) is 0 Å². The van der Waals surface area contributed by atoms with Gasteiger partial charge in [0.1, 0.15) is 0 Å². The van der Waals surface area contributed by atoms with Gasteiger partial charge in [-0.1, -0.05) is 48.6 Å². The zero-order valence-corrected chi connectivity index (χ0v) is 10.2. The first-order valence-electron chi connectivity index (χ1n) is 5.51. The van der Waals surface area contributed by atoms with Gasteiger partial charge in [-0.2, -0.15) is 0 Å². The highest BCUT2D eigenvalue weighted by Crippen LogP contribution is 2.19. The molecule has 2 N–H and O–H groups in total. The number of hydrogen-bond acceptors (Lipinski definition) is 2. The summed E-state index contributed by atoms with van der Waals surface area (Å²) in [4.78, 5) is 4.82. The third kappa shape index (κ3) is 3.11. The second-order valence-electron chi connectivity index (χ2n) is 3.90. The number of rotatable bonds is 4. The van der Waals surface area contributed by atoms with E-state index >= 15 is 0 Å². The third-order valence-corrected chi connectivity index (χ3v) is 2.96. The van der Waals surface area contributed by atoms with Gasteiger partial charge >= 0.3 is 0 Å². The van der Waals surface area contributed by atoms with Crippen LogP contribution < -0.4 is 5.73 Å². The van der Waals surface area contributed by atoms with Crippen LogP contribution in [-0.2, 0) is 6.42 Å². The molecule has 0 aliphatic carbocycles. The van der Waals surface area contributed by atoms with Crippen molar-refractivity contribution in [2.75, 3.05) is 0 Å². The summed E-state index contributed by atoms with van der Waals surface area (Å²) in [5, 5.41) is 0. The monoisotopic (exact) mass is 242 g/mol. The summed E-state index contributed by atoms with van der Waals surface area (Å²) in [6.07, 6.45) is 2.57. The second-order valence-corrected chi connectivity index (χ2v) is 4.37. The van der Waals surface area contributed by atoms with Gasteiger partial charge in [-0.05, 0) is 24.1 Å². The van der Waals surface area contributed by atoms with E-state index in [-0.39, 0.29) is 5.92 Å². The third-order valence-electron chi connectivity index (χ3n) is 2.67. The van der Waals surface area contributed by atoms with Gasteiger partial charge in [-0.15, -0.1) is 0 Å². The predicted octanol–water partition coefficient (Wildman–Crippen LogP) is 2.69. The maximum Gasteiger partial charge on any atom is 0.0822 e. The molecule has 0 aliphatic rings. The predicted molar refractivity (Wildman–Crippen MR) is 73.9 cm³/mol. The van der Waals surface area contributed by atoms with E-state index in [9.17, 15) is 0 Å². The maximum absolute atomic E-state index is 5.81. The number of aromatic nitrogens is 1. The number of nitrogens with zero attached hydrogens (tertiary/aromatic N) is 1. The molecule has 3 heteroatoms. The summed E-state index contributed by atoms with van der Waals surface area (Å²) in [7, 11) is 0. The Balaban J connectivity index is 2.23. The molecule has 0 radical (unpaired) electrons. The van der Waals surface area contributed by atoms with Gasteiger partial charge < -0.3 is 5.73 Å². The minimum absolute atomic E-state index is 0.00796. The molecule has 2 rings (SSSR count). The summed E-state index contributed by atoms with van der Waals surface area (Å²) in [6, 6.07) is 16.0. The summed E-state index contributed by atoms with van der Waals surface area (Å²) in [5.41, 5.74) is 7.96. The van der Waals surface area contributed by atoms with Crippen molar-refractivity contribution < 1.29 is 0 Å². The number of thiocarbonyl (C=S) groups is 1. The van der Waals surface area contributed by atoms with Crippen LogP contribution in [0.4, 0.5) is 0 Å². The first-order valence-corrected chi connectivity index (χ1v) is 5.92. The van der Waals surface area contributed by atoms with Crippen molar-refractivity contribution in [3.05, 3.63) is 66.0 Å². The van der Waals surface area contributed by atoms with Gasteiger partial charge in [0.2, 0.25) is 0 Å². The van der Waals surface area contributed by atoms with Crippen LogP contribution in [0.25, 0.3) is 0 Å². The van der Waals surface area contributed by atoms with E-state index in [1.165, 1.54) is 5.56 Å². The average molecular weight is 242 g/mol. The maximum atomic E-state index is 5.81. The van der Waals surface area contributed by atoms with Gasteiger partial charge in [-0.3, -0.25) is 4.98 Å². The van der Waals surface area contributed by atoms with Crippen LogP contribution in [0, 0.1) is 0 Å². The highest BCUT2D eigenvalue weighted by Gasteiger charge is 2.16. The molecule has 0 bridgehead atoms. The molecule has 2 aromatic rings. The minimum Gasteiger partial charge on any atom is -0.393 e. The number of pyridine rings is 1. The lowest BCUT2D eigenvalue weighted by molar-refractivity contribution is 0.842. The Kier molecular flexibility index (Phi) is 3.83. The van der Waals surface area contributed by atoms with Gasteiger partial charge in [-0.25, -0.2) is 0 Å². The SMILES string of the molecule is NC(=S)C(Cc1ccccc1)c1ccccn1. The van der Waals surface area contributed by atoms with Gasteiger partial charge in [0.25, 0.3) is 0 Å². The first-order chi connectivity index (χ1) is 8.27. The molecule has 1 aromatic heterocycles. The number of benzene rings is 1. The molecule has 1 aromatic carbocycles. The van der Waals surface area contributed by atoms with Crippen molar-refractivity contribution in [1.82, 2.24) is 4.98 Å². The zero-order valence-electron chi connectivity index (χ0n) is 9.41. The van der Waals surface area contributed by atoms with Crippen LogP contribution >= 0.6 is 12.2 Å². The summed E-state index contributed by atoms with van der Waals surface area (Å²) < 4.78 is 0. The summed E-state index contributed by atoms with van der Waals surface area (Å²) in [6.45, 7) is 0. The van der Waals surface area contributed by atoms with Crippen molar-refractivity contribution in [2.24, 2.45) is 5.73 Å². The van der Waals surface area contributed by atoms with Crippen molar-refractivity contribution >= 4 is 17.2 Å². The second kappa shape index (κ2) is 5.55. The lowest BCUT2D eigenvalue weighted by Crippen LogP contribution is -2.22. The largest absolute Gasteiger partial charge is 0.393 e. The molecule has 0 saturated heterocycles. The summed E-state index contributed by atoms with van der Waals surface area (Å²) >= 11 is 5.14. The topological polar surface area (TPSA) is 38.9 Å². The van der Waals surface area contributed by atoms with Crippen LogP contribution in [0.15, 0.2) is 54.7 Å². The average Bonchev–Trinajstić information content (AvgIpc) is 2.38. The molecule has 1 heterocycles. The standard InChI is InChI=1S/C14H14N2S/c15-14(17)12(13-8-4-5-9-16-13)10-11-6-2-1-3-7-11/h1-9,12H,10H2,(H2,15,17). The van der Waals surface area contributed by atoms with Crippen LogP contribution in [0.3, 0.4) is 0 Å². The van der Waals surface area contributed by atoms with E-state index in [0.29, 0.717) is 4.99 Å². The molecular weight excluding hydrogens is 228 g/mol. The van der Waals surface area contributed by atoms with Crippen molar-refractivity contribution in [1.29, 1.82) is 0 Å². The van der Waals surface area contributed by atoms with Crippen molar-refractivity contribution in [3.63, 3.8) is 0 Å². The zero-order chi connectivity index (χ0) is 12.1. The fraction of sp³-hybridized carbons (Fsp3) is 0.143. The van der Waals surface area contributed by atoms with Crippen LogP contribution in [0.2, 0.25) is 0 Å².